The van der Waals surface area contributed by atoms with Gasteiger partial charge < -0.3 is 11.1 Å². The normalized spacial score (nSPS) is 13.4. The molecule has 0 aliphatic heterocycles. The molecule has 2 aliphatic carbocycles. The van der Waals surface area contributed by atoms with Crippen LogP contribution in [-0.4, -0.2) is 30.9 Å². The van der Waals surface area contributed by atoms with Crippen molar-refractivity contribution in [3.63, 3.8) is 0 Å². The number of allylic oxidation sites excluding steroid dienone is 9. The molecule has 0 atom stereocenters. The molecule has 5 rings (SSSR count). The summed E-state index contributed by atoms with van der Waals surface area (Å²) in [6.07, 6.45) is 25.3. The molecule has 0 bridgehead atoms. The number of nitrogens with two attached hydrogens (primary N) is 1. The molecular formula is C53H76N4OS. The number of hydrazine groups is 1. The minimum absolute atomic E-state index is 0.451. The first kappa shape index (κ1) is 50.8. The molecule has 0 amide bonds. The van der Waals surface area contributed by atoms with E-state index in [4.69, 9.17) is 5.73 Å². The second kappa shape index (κ2) is 29.0. The SMILES string of the molecule is C=C(C)C1=CC=C(CCC(/C=C\C(=C)c2c(NC)sc3c2CCCC3)=C/CN)CC1.C=Cc1ccc(CNN(Cc2cccc(C=O)c2)C(CC)CC)cc1.CC.CC. The largest absolute Gasteiger partial charge is 0.379 e. The van der Waals surface area contributed by atoms with E-state index in [1.165, 1.54) is 69.7 Å². The summed E-state index contributed by atoms with van der Waals surface area (Å²) in [6.45, 7) is 28.9. The van der Waals surface area contributed by atoms with Gasteiger partial charge in [0.15, 0.2) is 0 Å². The number of carbonyl (C=O) groups excluding carboxylic acids is 1. The zero-order valence-electron chi connectivity index (χ0n) is 37.9. The molecule has 1 heterocycles. The number of anilines is 1. The highest BCUT2D eigenvalue weighted by Crippen LogP contribution is 2.41. The Balaban J connectivity index is 0.000000381. The summed E-state index contributed by atoms with van der Waals surface area (Å²) in [5.41, 5.74) is 23.0. The number of rotatable bonds is 19. The Morgan fingerprint density at radius 1 is 0.915 bits per heavy atom. The molecule has 0 radical (unpaired) electrons. The number of carbonyl (C=O) groups is 1. The lowest BCUT2D eigenvalue weighted by atomic mass is 9.90. The summed E-state index contributed by atoms with van der Waals surface area (Å²) < 4.78 is 0. The summed E-state index contributed by atoms with van der Waals surface area (Å²) >= 11 is 1.91. The first-order chi connectivity index (χ1) is 28.7. The summed E-state index contributed by atoms with van der Waals surface area (Å²) in [5.74, 6) is 0. The van der Waals surface area contributed by atoms with Crippen LogP contribution < -0.4 is 16.5 Å². The van der Waals surface area contributed by atoms with E-state index < -0.39 is 0 Å². The second-order valence-electron chi connectivity index (χ2n) is 14.6. The van der Waals surface area contributed by atoms with E-state index in [2.05, 4.69) is 117 Å². The van der Waals surface area contributed by atoms with Gasteiger partial charge in [-0.05, 0) is 111 Å². The van der Waals surface area contributed by atoms with E-state index in [9.17, 15) is 4.79 Å². The van der Waals surface area contributed by atoms with Crippen molar-refractivity contribution in [3.8, 4) is 0 Å². The molecule has 0 spiro atoms. The Kier molecular flexibility index (Phi) is 25.0. The van der Waals surface area contributed by atoms with E-state index in [0.717, 1.165) is 80.2 Å². The van der Waals surface area contributed by atoms with Crippen molar-refractivity contribution in [3.05, 3.63) is 159 Å². The first-order valence-corrected chi connectivity index (χ1v) is 22.9. The third-order valence-corrected chi connectivity index (χ3v) is 12.0. The van der Waals surface area contributed by atoms with Crippen LogP contribution in [0.5, 0.6) is 0 Å². The Morgan fingerprint density at radius 3 is 2.22 bits per heavy atom. The molecule has 0 saturated heterocycles. The van der Waals surface area contributed by atoms with Crippen LogP contribution in [0.2, 0.25) is 0 Å². The van der Waals surface area contributed by atoms with Crippen LogP contribution in [-0.2, 0) is 25.9 Å². The molecule has 1 aromatic heterocycles. The lowest BCUT2D eigenvalue weighted by Gasteiger charge is -2.31. The minimum atomic E-state index is 0.451. The van der Waals surface area contributed by atoms with Gasteiger partial charge >= 0.3 is 0 Å². The minimum Gasteiger partial charge on any atom is -0.379 e. The molecular weight excluding hydrogens is 741 g/mol. The van der Waals surface area contributed by atoms with Gasteiger partial charge in [0, 0.05) is 48.7 Å². The summed E-state index contributed by atoms with van der Waals surface area (Å²) in [7, 11) is 2.02. The molecule has 59 heavy (non-hydrogen) atoms. The van der Waals surface area contributed by atoms with Gasteiger partial charge in [0.1, 0.15) is 6.29 Å². The highest BCUT2D eigenvalue weighted by atomic mass is 32.1. The number of aldehydes is 1. The average Bonchev–Trinajstić information content (AvgIpc) is 3.67. The Hall–Kier alpha value is -4.33. The van der Waals surface area contributed by atoms with Crippen molar-refractivity contribution in [2.24, 2.45) is 5.73 Å². The fraction of sp³-hybridized carbons (Fsp3) is 0.415. The quantitative estimate of drug-likeness (QED) is 0.0639. The van der Waals surface area contributed by atoms with E-state index in [1.807, 2.05) is 70.4 Å². The monoisotopic (exact) mass is 817 g/mol. The maximum atomic E-state index is 11.0. The molecule has 6 heteroatoms. The highest BCUT2D eigenvalue weighted by molar-refractivity contribution is 7.16. The van der Waals surface area contributed by atoms with Crippen molar-refractivity contribution in [1.29, 1.82) is 0 Å². The van der Waals surface area contributed by atoms with Gasteiger partial charge in [-0.25, -0.2) is 5.01 Å². The number of fused-ring (bicyclic) bond motifs is 1. The third-order valence-electron chi connectivity index (χ3n) is 10.6. The number of hydrogen-bond acceptors (Lipinski definition) is 6. The van der Waals surface area contributed by atoms with Crippen molar-refractivity contribution in [2.45, 2.75) is 132 Å². The van der Waals surface area contributed by atoms with E-state index in [-0.39, 0.29) is 0 Å². The maximum absolute atomic E-state index is 11.0. The van der Waals surface area contributed by atoms with Crippen LogP contribution in [0, 0.1) is 0 Å². The van der Waals surface area contributed by atoms with Crippen LogP contribution in [0.3, 0.4) is 0 Å². The van der Waals surface area contributed by atoms with E-state index in [1.54, 1.807) is 4.88 Å². The summed E-state index contributed by atoms with van der Waals surface area (Å²) in [4.78, 5) is 12.6. The molecule has 5 nitrogen and oxygen atoms in total. The van der Waals surface area contributed by atoms with E-state index in [0.29, 0.717) is 12.6 Å². The number of thiophene rings is 1. The zero-order chi connectivity index (χ0) is 43.6. The van der Waals surface area contributed by atoms with Gasteiger partial charge in [0.05, 0.1) is 5.00 Å². The van der Waals surface area contributed by atoms with Gasteiger partial charge in [0.2, 0.25) is 0 Å². The van der Waals surface area contributed by atoms with Gasteiger partial charge in [0.25, 0.3) is 0 Å². The van der Waals surface area contributed by atoms with Crippen LogP contribution in [0.15, 0.2) is 121 Å². The van der Waals surface area contributed by atoms with Gasteiger partial charge in [-0.3, -0.25) is 10.2 Å². The fourth-order valence-corrected chi connectivity index (χ4v) is 8.57. The highest BCUT2D eigenvalue weighted by Gasteiger charge is 2.21. The Labute approximate surface area is 363 Å². The second-order valence-corrected chi connectivity index (χ2v) is 15.7. The number of nitrogens with zero attached hydrogens (tertiary/aromatic N) is 1. The maximum Gasteiger partial charge on any atom is 0.150 e. The van der Waals surface area contributed by atoms with Crippen LogP contribution >= 0.6 is 11.3 Å². The van der Waals surface area contributed by atoms with Crippen LogP contribution in [0.1, 0.15) is 143 Å². The first-order valence-electron chi connectivity index (χ1n) is 22.1. The van der Waals surface area contributed by atoms with E-state index >= 15 is 0 Å². The van der Waals surface area contributed by atoms with Gasteiger partial charge in [-0.1, -0.05) is 157 Å². The van der Waals surface area contributed by atoms with Gasteiger partial charge in [-0.2, -0.15) is 0 Å². The third kappa shape index (κ3) is 16.7. The predicted molar refractivity (Wildman–Crippen MR) is 263 cm³/mol. The Bertz CT molecular complexity index is 1870. The molecule has 3 aromatic rings. The van der Waals surface area contributed by atoms with Crippen molar-refractivity contribution in [2.75, 3.05) is 18.9 Å². The van der Waals surface area contributed by atoms with Gasteiger partial charge in [-0.15, -0.1) is 11.3 Å². The molecule has 0 saturated carbocycles. The topological polar surface area (TPSA) is 70.4 Å². The number of aryl methyl sites for hydroxylation is 1. The molecule has 0 unspecified atom stereocenters. The van der Waals surface area contributed by atoms with Crippen molar-refractivity contribution < 1.29 is 4.79 Å². The number of hydrogen-bond donors (Lipinski definition) is 3. The average molecular weight is 817 g/mol. The van der Waals surface area contributed by atoms with Crippen molar-refractivity contribution >= 4 is 34.3 Å². The number of benzene rings is 2. The Morgan fingerprint density at radius 2 is 1.63 bits per heavy atom. The zero-order valence-corrected chi connectivity index (χ0v) is 38.7. The lowest BCUT2D eigenvalue weighted by molar-refractivity contribution is 0.103. The van der Waals surface area contributed by atoms with Crippen molar-refractivity contribution in [1.82, 2.24) is 10.4 Å². The van der Waals surface area contributed by atoms with Crippen LogP contribution in [0.4, 0.5) is 5.00 Å². The van der Waals surface area contributed by atoms with Crippen LogP contribution in [0.25, 0.3) is 11.6 Å². The fourth-order valence-electron chi connectivity index (χ4n) is 7.30. The lowest BCUT2D eigenvalue weighted by Crippen LogP contribution is -2.44. The smallest absolute Gasteiger partial charge is 0.150 e. The standard InChI is InChI=1S/C27H36N2S.C22H28N2O.2C2H6/c1-19(2)23-15-13-21(14-16-23)11-12-22(17-18-28)10-9-20(3)26-24-7-5-6-8-25(24)30-27(26)29-4;1-4-18-10-12-19(13-11-18)15-23-24(22(5-2)6-3)16-20-8-7-9-21(14-20)17-25;2*1-2/h9-10,13,15,17,29H,1,3,5-8,11-12,14,16,18,28H2,2,4H3;4,7-14,17,22-23H,1,5-6,15-16H2,2-3H3;2*1-2H3/b10-9-,22-17+;;;. The molecule has 0 fully saturated rings. The molecule has 2 aliphatic rings. The molecule has 2 aromatic carbocycles. The predicted octanol–water partition coefficient (Wildman–Crippen LogP) is 14.0. The summed E-state index contributed by atoms with van der Waals surface area (Å²) in [6, 6.07) is 16.7. The molecule has 320 valence electrons. The molecule has 4 N–H and O–H groups in total. The number of nitrogens with one attached hydrogen (secondary N) is 2. The summed E-state index contributed by atoms with van der Waals surface area (Å²) in [5, 5.41) is 6.95.